The van der Waals surface area contributed by atoms with Gasteiger partial charge in [-0.05, 0) is 26.3 Å². The lowest BCUT2D eigenvalue weighted by Gasteiger charge is -2.17. The Bertz CT molecular complexity index is 715. The number of amides is 1. The number of hydrogen-bond donors (Lipinski definition) is 2. The first kappa shape index (κ1) is 15.0. The lowest BCUT2D eigenvalue weighted by Crippen LogP contribution is -2.33. The highest BCUT2D eigenvalue weighted by Crippen LogP contribution is 2.16. The zero-order valence-corrected chi connectivity index (χ0v) is 12.7. The second-order valence-electron chi connectivity index (χ2n) is 5.13. The zero-order chi connectivity index (χ0) is 15.6. The molecule has 0 spiro atoms. The Morgan fingerprint density at radius 2 is 2.19 bits per heavy atom. The predicted octanol–water partition coefficient (Wildman–Crippen LogP) is 1.61. The maximum absolute atomic E-state index is 12.4. The van der Waals surface area contributed by atoms with Gasteiger partial charge >= 0.3 is 0 Å². The molecular weight excluding hydrogens is 268 g/mol. The van der Waals surface area contributed by atoms with E-state index in [1.807, 2.05) is 20.0 Å². The molecule has 0 aromatic carbocycles. The van der Waals surface area contributed by atoms with Gasteiger partial charge in [0.05, 0.1) is 11.7 Å². The number of rotatable bonds is 4. The Kier molecular flexibility index (Phi) is 4.26. The summed E-state index contributed by atoms with van der Waals surface area (Å²) in [7, 11) is 1.83. The van der Waals surface area contributed by atoms with E-state index in [4.69, 9.17) is 0 Å². The van der Waals surface area contributed by atoms with Crippen LogP contribution in [0.1, 0.15) is 46.8 Å². The molecule has 1 amide bonds. The van der Waals surface area contributed by atoms with Crippen molar-refractivity contribution in [2.24, 2.45) is 7.05 Å². The van der Waals surface area contributed by atoms with Crippen LogP contribution < -0.4 is 10.7 Å². The molecule has 2 heterocycles. The molecule has 0 aliphatic heterocycles. The third-order valence-corrected chi connectivity index (χ3v) is 3.51. The fourth-order valence-corrected chi connectivity index (χ4v) is 2.47. The van der Waals surface area contributed by atoms with Crippen LogP contribution in [0.3, 0.4) is 0 Å². The molecule has 2 rings (SSSR count). The maximum atomic E-state index is 12.4. The van der Waals surface area contributed by atoms with Crippen molar-refractivity contribution in [3.05, 3.63) is 51.2 Å². The van der Waals surface area contributed by atoms with Gasteiger partial charge in [0.15, 0.2) is 5.43 Å². The summed E-state index contributed by atoms with van der Waals surface area (Å²) in [6.45, 7) is 5.50. The summed E-state index contributed by atoms with van der Waals surface area (Å²) in [5.74, 6) is -0.359. The van der Waals surface area contributed by atoms with E-state index in [2.05, 4.69) is 15.4 Å². The van der Waals surface area contributed by atoms with Crippen LogP contribution in [0.25, 0.3) is 0 Å². The smallest absolute Gasteiger partial charge is 0.257 e. The third-order valence-electron chi connectivity index (χ3n) is 3.51. The highest BCUT2D eigenvalue weighted by atomic mass is 16.2. The number of aromatic nitrogens is 3. The molecule has 1 atom stereocenters. The van der Waals surface area contributed by atoms with Crippen molar-refractivity contribution in [2.45, 2.75) is 33.2 Å². The van der Waals surface area contributed by atoms with Gasteiger partial charge in [0.25, 0.3) is 5.91 Å². The lowest BCUT2D eigenvalue weighted by molar-refractivity contribution is 0.0932. The van der Waals surface area contributed by atoms with Crippen LogP contribution in [0.15, 0.2) is 23.1 Å². The van der Waals surface area contributed by atoms with Crippen LogP contribution >= 0.6 is 0 Å². The summed E-state index contributed by atoms with van der Waals surface area (Å²) < 4.78 is 1.72. The van der Waals surface area contributed by atoms with Crippen LogP contribution in [0.4, 0.5) is 0 Å². The summed E-state index contributed by atoms with van der Waals surface area (Å²) in [6, 6.07) is 3.12. The van der Waals surface area contributed by atoms with Gasteiger partial charge in [-0.25, -0.2) is 0 Å². The summed E-state index contributed by atoms with van der Waals surface area (Å²) in [5.41, 5.74) is 2.14. The molecule has 2 aromatic rings. The van der Waals surface area contributed by atoms with E-state index in [0.717, 1.165) is 11.4 Å². The van der Waals surface area contributed by atoms with Gasteiger partial charge in [-0.3, -0.25) is 14.3 Å². The largest absolute Gasteiger partial charge is 0.362 e. The molecule has 0 radical (unpaired) electrons. The van der Waals surface area contributed by atoms with Gasteiger partial charge in [0.1, 0.15) is 5.56 Å². The van der Waals surface area contributed by atoms with E-state index in [9.17, 15) is 9.59 Å². The Labute approximate surface area is 123 Å². The minimum Gasteiger partial charge on any atom is -0.362 e. The van der Waals surface area contributed by atoms with Gasteiger partial charge in [-0.1, -0.05) is 6.92 Å². The highest BCUT2D eigenvalue weighted by Gasteiger charge is 2.20. The molecule has 2 N–H and O–H groups in total. The molecule has 2 aromatic heterocycles. The van der Waals surface area contributed by atoms with Crippen LogP contribution in [-0.2, 0) is 7.05 Å². The summed E-state index contributed by atoms with van der Waals surface area (Å²) in [4.78, 5) is 27.5. The molecule has 0 saturated carbocycles. The van der Waals surface area contributed by atoms with E-state index in [1.165, 1.54) is 6.07 Å². The number of pyridine rings is 1. The van der Waals surface area contributed by atoms with Crippen molar-refractivity contribution >= 4 is 5.91 Å². The van der Waals surface area contributed by atoms with E-state index in [1.54, 1.807) is 24.7 Å². The Morgan fingerprint density at radius 1 is 1.48 bits per heavy atom. The molecule has 0 fully saturated rings. The highest BCUT2D eigenvalue weighted by molar-refractivity contribution is 5.95. The summed E-state index contributed by atoms with van der Waals surface area (Å²) in [6.07, 6.45) is 2.40. The van der Waals surface area contributed by atoms with Gasteiger partial charge in [-0.15, -0.1) is 0 Å². The van der Waals surface area contributed by atoms with Crippen LogP contribution in [0, 0.1) is 13.8 Å². The normalized spacial score (nSPS) is 12.2. The number of H-pyrrole nitrogens is 1. The first-order valence-corrected chi connectivity index (χ1v) is 6.93. The number of nitrogens with one attached hydrogen (secondary N) is 2. The lowest BCUT2D eigenvalue weighted by atomic mass is 10.1. The number of nitrogens with zero attached hydrogens (tertiary/aromatic N) is 2. The average Bonchev–Trinajstić information content (AvgIpc) is 2.81. The van der Waals surface area contributed by atoms with Crippen molar-refractivity contribution in [1.82, 2.24) is 20.1 Å². The first-order chi connectivity index (χ1) is 9.93. The topological polar surface area (TPSA) is 79.8 Å². The third kappa shape index (κ3) is 3.04. The molecule has 0 bridgehead atoms. The molecule has 21 heavy (non-hydrogen) atoms. The fraction of sp³-hybridized carbons (Fsp3) is 0.400. The van der Waals surface area contributed by atoms with Crippen molar-refractivity contribution in [3.63, 3.8) is 0 Å². The number of carbonyl (C=O) groups excluding carboxylic acids is 1. The molecule has 6 nitrogen and oxygen atoms in total. The standard InChI is InChI=1S/C15H20N4O2/c1-5-11(12-6-7-16-19(12)4)18-15(21)14-10(3)17-9(2)8-13(14)20/h6-8,11H,5H2,1-4H3,(H,17,20)(H,18,21)/t11-/m1/s1. The predicted molar refractivity (Wildman–Crippen MR) is 80.2 cm³/mol. The second kappa shape index (κ2) is 5.95. The molecule has 0 aliphatic carbocycles. The molecule has 0 saturated heterocycles. The molecule has 0 aliphatic rings. The molecule has 6 heteroatoms. The Hall–Kier alpha value is -2.37. The van der Waals surface area contributed by atoms with Crippen molar-refractivity contribution < 1.29 is 4.79 Å². The van der Waals surface area contributed by atoms with E-state index in [-0.39, 0.29) is 22.9 Å². The van der Waals surface area contributed by atoms with E-state index < -0.39 is 0 Å². The Morgan fingerprint density at radius 3 is 2.71 bits per heavy atom. The fourth-order valence-electron chi connectivity index (χ4n) is 2.47. The Balaban J connectivity index is 2.29. The second-order valence-corrected chi connectivity index (χ2v) is 5.13. The van der Waals surface area contributed by atoms with Gasteiger partial charge in [-0.2, -0.15) is 5.10 Å². The molecular formula is C15H20N4O2. The summed E-state index contributed by atoms with van der Waals surface area (Å²) in [5, 5.41) is 7.02. The van der Waals surface area contributed by atoms with Crippen molar-refractivity contribution in [1.29, 1.82) is 0 Å². The number of hydrogen-bond acceptors (Lipinski definition) is 3. The molecule has 0 unspecified atom stereocenters. The number of aryl methyl sites for hydroxylation is 3. The minimum atomic E-state index is -0.359. The first-order valence-electron chi connectivity index (χ1n) is 6.93. The van der Waals surface area contributed by atoms with E-state index >= 15 is 0 Å². The van der Waals surface area contributed by atoms with Crippen molar-refractivity contribution in [3.8, 4) is 0 Å². The van der Waals surface area contributed by atoms with E-state index in [0.29, 0.717) is 12.1 Å². The van der Waals surface area contributed by atoms with Gasteiger partial charge in [0.2, 0.25) is 0 Å². The molecule has 112 valence electrons. The number of carbonyl (C=O) groups is 1. The van der Waals surface area contributed by atoms with Gasteiger partial charge in [0, 0.05) is 30.7 Å². The van der Waals surface area contributed by atoms with Gasteiger partial charge < -0.3 is 10.3 Å². The number of aromatic amines is 1. The van der Waals surface area contributed by atoms with Crippen LogP contribution in [-0.4, -0.2) is 20.7 Å². The minimum absolute atomic E-state index is 0.168. The SMILES string of the molecule is CC[C@@H](NC(=O)c1c(C)[nH]c(C)cc1=O)c1ccnn1C. The quantitative estimate of drug-likeness (QED) is 0.897. The maximum Gasteiger partial charge on any atom is 0.257 e. The zero-order valence-electron chi connectivity index (χ0n) is 12.7. The van der Waals surface area contributed by atoms with Crippen LogP contribution in [0.2, 0.25) is 0 Å². The van der Waals surface area contributed by atoms with Crippen molar-refractivity contribution in [2.75, 3.05) is 0 Å². The average molecular weight is 288 g/mol. The summed E-state index contributed by atoms with van der Waals surface area (Å²) >= 11 is 0. The van der Waals surface area contributed by atoms with Crippen LogP contribution in [0.5, 0.6) is 0 Å². The monoisotopic (exact) mass is 288 g/mol.